The fourth-order valence-electron chi connectivity index (χ4n) is 2.06. The zero-order chi connectivity index (χ0) is 15.3. The van der Waals surface area contributed by atoms with E-state index in [1.54, 1.807) is 0 Å². The summed E-state index contributed by atoms with van der Waals surface area (Å²) in [5, 5.41) is 13.7. The lowest BCUT2D eigenvalue weighted by molar-refractivity contribution is -0.384. The van der Waals surface area contributed by atoms with E-state index in [0.717, 1.165) is 6.54 Å². The van der Waals surface area contributed by atoms with Crippen molar-refractivity contribution in [1.82, 2.24) is 14.9 Å². The van der Waals surface area contributed by atoms with Crippen LogP contribution in [0.15, 0.2) is 6.33 Å². The van der Waals surface area contributed by atoms with Crippen LogP contribution in [-0.2, 0) is 0 Å². The second kappa shape index (κ2) is 7.35. The number of aromatic nitrogens is 2. The van der Waals surface area contributed by atoms with Crippen LogP contribution in [0.4, 0.5) is 11.5 Å². The Kier molecular flexibility index (Phi) is 6.09. The third kappa shape index (κ3) is 4.28. The zero-order valence-corrected chi connectivity index (χ0v) is 12.9. The summed E-state index contributed by atoms with van der Waals surface area (Å²) < 4.78 is 0. The van der Waals surface area contributed by atoms with Crippen molar-refractivity contribution in [2.24, 2.45) is 0 Å². The number of nitrogens with one attached hydrogen (secondary N) is 1. The van der Waals surface area contributed by atoms with Gasteiger partial charge in [-0.15, -0.1) is 0 Å². The van der Waals surface area contributed by atoms with Crippen molar-refractivity contribution >= 4 is 23.1 Å². The molecule has 112 valence electrons. The summed E-state index contributed by atoms with van der Waals surface area (Å²) in [6.07, 6.45) is 1.21. The SMILES string of the molecule is CC(C)N(CCNc1ncnc(Cl)c1[N+](=O)[O-])C(C)C. The minimum Gasteiger partial charge on any atom is -0.363 e. The summed E-state index contributed by atoms with van der Waals surface area (Å²) in [4.78, 5) is 20.2. The number of hydrogen-bond acceptors (Lipinski definition) is 6. The largest absolute Gasteiger partial charge is 0.363 e. The van der Waals surface area contributed by atoms with Crippen LogP contribution < -0.4 is 5.32 Å². The Bertz CT molecular complexity index is 459. The Morgan fingerprint density at radius 3 is 2.45 bits per heavy atom. The van der Waals surface area contributed by atoms with E-state index in [9.17, 15) is 10.1 Å². The maximum absolute atomic E-state index is 10.9. The maximum Gasteiger partial charge on any atom is 0.348 e. The topological polar surface area (TPSA) is 84.2 Å². The smallest absolute Gasteiger partial charge is 0.348 e. The Labute approximate surface area is 123 Å². The van der Waals surface area contributed by atoms with Gasteiger partial charge in [0.05, 0.1) is 4.92 Å². The Hall–Kier alpha value is -1.47. The minimum absolute atomic E-state index is 0.155. The summed E-state index contributed by atoms with van der Waals surface area (Å²) in [5.41, 5.74) is -0.283. The van der Waals surface area contributed by atoms with Gasteiger partial charge in [0.1, 0.15) is 6.33 Å². The first-order chi connectivity index (χ1) is 9.34. The molecule has 0 unspecified atom stereocenters. The number of nitrogens with zero attached hydrogens (tertiary/aromatic N) is 4. The number of halogens is 1. The monoisotopic (exact) mass is 301 g/mol. The summed E-state index contributed by atoms with van der Waals surface area (Å²) in [6.45, 7) is 9.76. The van der Waals surface area contributed by atoms with Gasteiger partial charge >= 0.3 is 5.69 Å². The first-order valence-corrected chi connectivity index (χ1v) is 6.86. The fraction of sp³-hybridized carbons (Fsp3) is 0.667. The van der Waals surface area contributed by atoms with Gasteiger partial charge < -0.3 is 5.32 Å². The van der Waals surface area contributed by atoms with Crippen molar-refractivity contribution in [1.29, 1.82) is 0 Å². The molecule has 20 heavy (non-hydrogen) atoms. The van der Waals surface area contributed by atoms with Crippen LogP contribution in [0.2, 0.25) is 5.15 Å². The Balaban J connectivity index is 2.71. The molecule has 0 aliphatic heterocycles. The lowest BCUT2D eigenvalue weighted by Gasteiger charge is -2.30. The molecule has 0 saturated carbocycles. The van der Waals surface area contributed by atoms with E-state index >= 15 is 0 Å². The first-order valence-electron chi connectivity index (χ1n) is 6.49. The van der Waals surface area contributed by atoms with Gasteiger partial charge in [-0.1, -0.05) is 11.6 Å². The lowest BCUT2D eigenvalue weighted by atomic mass is 10.2. The third-order valence-corrected chi connectivity index (χ3v) is 3.23. The molecule has 0 aliphatic rings. The molecule has 0 amide bonds. The van der Waals surface area contributed by atoms with Crippen LogP contribution in [0.1, 0.15) is 27.7 Å². The molecule has 8 heteroatoms. The van der Waals surface area contributed by atoms with E-state index < -0.39 is 4.92 Å². The van der Waals surface area contributed by atoms with Gasteiger partial charge in [0, 0.05) is 25.2 Å². The predicted molar refractivity (Wildman–Crippen MR) is 79.2 cm³/mol. The van der Waals surface area contributed by atoms with E-state index in [-0.39, 0.29) is 16.7 Å². The van der Waals surface area contributed by atoms with E-state index in [2.05, 4.69) is 47.9 Å². The van der Waals surface area contributed by atoms with Crippen molar-refractivity contribution in [3.05, 3.63) is 21.6 Å². The molecule has 0 atom stereocenters. The average Bonchev–Trinajstić information content (AvgIpc) is 2.33. The van der Waals surface area contributed by atoms with Gasteiger partial charge in [-0.25, -0.2) is 9.97 Å². The molecule has 0 bridgehead atoms. The number of hydrogen-bond donors (Lipinski definition) is 1. The fourth-order valence-corrected chi connectivity index (χ4v) is 2.27. The van der Waals surface area contributed by atoms with Crippen molar-refractivity contribution in [3.63, 3.8) is 0 Å². The van der Waals surface area contributed by atoms with Crippen molar-refractivity contribution in [2.45, 2.75) is 39.8 Å². The van der Waals surface area contributed by atoms with Crippen LogP contribution in [0, 0.1) is 10.1 Å². The van der Waals surface area contributed by atoms with Crippen LogP contribution in [0.3, 0.4) is 0 Å². The van der Waals surface area contributed by atoms with Gasteiger partial charge in [0.2, 0.25) is 11.0 Å². The highest BCUT2D eigenvalue weighted by molar-refractivity contribution is 6.31. The lowest BCUT2D eigenvalue weighted by Crippen LogP contribution is -2.40. The van der Waals surface area contributed by atoms with Crippen LogP contribution >= 0.6 is 11.6 Å². The van der Waals surface area contributed by atoms with E-state index in [0.29, 0.717) is 18.6 Å². The maximum atomic E-state index is 10.9. The summed E-state index contributed by atoms with van der Waals surface area (Å²) >= 11 is 5.72. The van der Waals surface area contributed by atoms with Gasteiger partial charge in [-0.2, -0.15) is 0 Å². The van der Waals surface area contributed by atoms with E-state index in [4.69, 9.17) is 11.6 Å². The van der Waals surface area contributed by atoms with Crippen LogP contribution in [-0.4, -0.2) is 45.0 Å². The molecular formula is C12H20ClN5O2. The Morgan fingerprint density at radius 2 is 1.95 bits per heavy atom. The molecule has 0 aromatic carbocycles. The second-order valence-electron chi connectivity index (χ2n) is 4.97. The summed E-state index contributed by atoms with van der Waals surface area (Å²) in [6, 6.07) is 0.807. The summed E-state index contributed by atoms with van der Waals surface area (Å²) in [5.74, 6) is 0.155. The van der Waals surface area contributed by atoms with Gasteiger partial charge in [0.25, 0.3) is 0 Å². The van der Waals surface area contributed by atoms with Crippen LogP contribution in [0.5, 0.6) is 0 Å². The molecule has 1 N–H and O–H groups in total. The normalized spacial score (nSPS) is 11.4. The minimum atomic E-state index is -0.576. The standard InChI is InChI=1S/C12H20ClN5O2/c1-8(2)17(9(3)4)6-5-14-12-10(18(19)20)11(13)15-7-16-12/h7-9H,5-6H2,1-4H3,(H,14,15,16). The molecule has 1 rings (SSSR count). The quantitative estimate of drug-likeness (QED) is 0.473. The molecule has 1 aromatic rings. The van der Waals surface area contributed by atoms with Crippen molar-refractivity contribution < 1.29 is 4.92 Å². The highest BCUT2D eigenvalue weighted by atomic mass is 35.5. The Morgan fingerprint density at radius 1 is 1.35 bits per heavy atom. The van der Waals surface area contributed by atoms with E-state index in [1.165, 1.54) is 6.33 Å². The molecule has 0 aliphatic carbocycles. The highest BCUT2D eigenvalue weighted by Crippen LogP contribution is 2.27. The van der Waals surface area contributed by atoms with Gasteiger partial charge in [0.15, 0.2) is 0 Å². The molecule has 1 aromatic heterocycles. The molecule has 7 nitrogen and oxygen atoms in total. The molecule has 1 heterocycles. The molecular weight excluding hydrogens is 282 g/mol. The molecule has 0 spiro atoms. The predicted octanol–water partition coefficient (Wildman–Crippen LogP) is 2.57. The number of rotatable bonds is 7. The molecule has 0 saturated heterocycles. The first kappa shape index (κ1) is 16.6. The summed E-state index contributed by atoms with van der Waals surface area (Å²) in [7, 11) is 0. The third-order valence-electron chi connectivity index (χ3n) is 2.95. The number of nitro groups is 1. The van der Waals surface area contributed by atoms with Gasteiger partial charge in [-0.3, -0.25) is 15.0 Å². The van der Waals surface area contributed by atoms with Crippen LogP contribution in [0.25, 0.3) is 0 Å². The average molecular weight is 302 g/mol. The van der Waals surface area contributed by atoms with Crippen molar-refractivity contribution in [2.75, 3.05) is 18.4 Å². The highest BCUT2D eigenvalue weighted by Gasteiger charge is 2.21. The second-order valence-corrected chi connectivity index (χ2v) is 5.33. The molecule has 0 fully saturated rings. The zero-order valence-electron chi connectivity index (χ0n) is 12.1. The molecule has 0 radical (unpaired) electrons. The number of anilines is 1. The van der Waals surface area contributed by atoms with E-state index in [1.807, 2.05) is 0 Å². The van der Waals surface area contributed by atoms with Gasteiger partial charge in [-0.05, 0) is 27.7 Å². The van der Waals surface area contributed by atoms with Crippen molar-refractivity contribution in [3.8, 4) is 0 Å².